The van der Waals surface area contributed by atoms with Gasteiger partial charge in [-0.2, -0.15) is 0 Å². The Hall–Kier alpha value is -0.740. The molecular weight excluding hydrogens is 160 g/mol. The van der Waals surface area contributed by atoms with Crippen LogP contribution in [0.15, 0.2) is 0 Å². The van der Waals surface area contributed by atoms with Gasteiger partial charge in [0.15, 0.2) is 5.78 Å². The van der Waals surface area contributed by atoms with Crippen molar-refractivity contribution in [3.05, 3.63) is 0 Å². The van der Waals surface area contributed by atoms with E-state index in [-0.39, 0.29) is 13.0 Å². The Bertz CT molecular complexity index is 174. The van der Waals surface area contributed by atoms with Crippen molar-refractivity contribution in [2.24, 2.45) is 5.41 Å². The molecule has 0 heterocycles. The Morgan fingerprint density at radius 3 is 2.42 bits per heavy atom. The predicted octanol–water partition coefficient (Wildman–Crippen LogP) is -0.476. The van der Waals surface area contributed by atoms with Crippen molar-refractivity contribution in [1.82, 2.24) is 0 Å². The summed E-state index contributed by atoms with van der Waals surface area (Å²) in [5.41, 5.74) is -0.875. The van der Waals surface area contributed by atoms with Gasteiger partial charge in [0.2, 0.25) is 0 Å². The first-order chi connectivity index (χ1) is 5.45. The molecular formula is C8H14O4. The maximum absolute atomic E-state index is 11.0. The Morgan fingerprint density at radius 2 is 2.08 bits per heavy atom. The van der Waals surface area contributed by atoms with Gasteiger partial charge >= 0.3 is 0 Å². The molecule has 0 saturated carbocycles. The average Bonchev–Trinajstić information content (AvgIpc) is 2.03. The molecule has 0 aromatic heterocycles. The van der Waals surface area contributed by atoms with Crippen LogP contribution in [0.1, 0.15) is 20.3 Å². The second-order valence-electron chi connectivity index (χ2n) is 3.39. The van der Waals surface area contributed by atoms with Crippen LogP contribution in [0.2, 0.25) is 0 Å². The van der Waals surface area contributed by atoms with E-state index < -0.39 is 17.3 Å². The van der Waals surface area contributed by atoms with Gasteiger partial charge in [0.1, 0.15) is 12.4 Å². The van der Waals surface area contributed by atoms with E-state index in [1.165, 1.54) is 0 Å². The van der Waals surface area contributed by atoms with Crippen molar-refractivity contribution in [1.29, 1.82) is 0 Å². The Morgan fingerprint density at radius 1 is 1.58 bits per heavy atom. The van der Waals surface area contributed by atoms with Crippen molar-refractivity contribution in [2.45, 2.75) is 26.4 Å². The molecule has 12 heavy (non-hydrogen) atoms. The summed E-state index contributed by atoms with van der Waals surface area (Å²) in [4.78, 5) is 20.9. The molecule has 0 amide bonds. The molecule has 4 heteroatoms. The van der Waals surface area contributed by atoms with Gasteiger partial charge in [0, 0.05) is 5.41 Å². The van der Waals surface area contributed by atoms with Crippen molar-refractivity contribution in [3.63, 3.8) is 0 Å². The maximum atomic E-state index is 11.0. The van der Waals surface area contributed by atoms with E-state index in [4.69, 9.17) is 5.11 Å². The van der Waals surface area contributed by atoms with E-state index in [2.05, 4.69) is 0 Å². The summed E-state index contributed by atoms with van der Waals surface area (Å²) in [5, 5.41) is 18.1. The highest BCUT2D eigenvalue weighted by molar-refractivity contribution is 5.93. The first kappa shape index (κ1) is 11.3. The second kappa shape index (κ2) is 4.33. The van der Waals surface area contributed by atoms with Crippen LogP contribution in [-0.2, 0) is 9.59 Å². The van der Waals surface area contributed by atoms with E-state index in [0.29, 0.717) is 6.29 Å². The third-order valence-corrected chi connectivity index (χ3v) is 1.74. The number of aldehydes is 1. The molecule has 0 saturated heterocycles. The van der Waals surface area contributed by atoms with E-state index >= 15 is 0 Å². The topological polar surface area (TPSA) is 74.6 Å². The highest BCUT2D eigenvalue weighted by atomic mass is 16.3. The summed E-state index contributed by atoms with van der Waals surface area (Å²) in [5.74, 6) is -0.552. The van der Waals surface area contributed by atoms with E-state index in [1.807, 2.05) is 0 Å². The number of aliphatic hydroxyl groups excluding tert-OH is 2. The van der Waals surface area contributed by atoms with E-state index in [1.54, 1.807) is 13.8 Å². The molecule has 0 spiro atoms. The normalized spacial score (nSPS) is 14.0. The molecule has 0 fully saturated rings. The maximum Gasteiger partial charge on any atom is 0.168 e. The van der Waals surface area contributed by atoms with Gasteiger partial charge in [-0.1, -0.05) is 13.8 Å². The van der Waals surface area contributed by atoms with Crippen molar-refractivity contribution in [2.75, 3.05) is 6.61 Å². The average molecular weight is 174 g/mol. The number of carbonyl (C=O) groups is 2. The monoisotopic (exact) mass is 174 g/mol. The highest BCUT2D eigenvalue weighted by Gasteiger charge is 2.32. The molecule has 0 rings (SSSR count). The van der Waals surface area contributed by atoms with Crippen molar-refractivity contribution >= 4 is 12.1 Å². The quantitative estimate of drug-likeness (QED) is 0.436. The number of Topliss-reactive ketones (excluding diaryl/α,β-unsaturated/α-hetero) is 1. The van der Waals surface area contributed by atoms with Gasteiger partial charge in [0.05, 0.1) is 13.0 Å². The van der Waals surface area contributed by atoms with Crippen LogP contribution in [0.5, 0.6) is 0 Å². The largest absolute Gasteiger partial charge is 0.396 e. The second-order valence-corrected chi connectivity index (χ2v) is 3.39. The summed E-state index contributed by atoms with van der Waals surface area (Å²) in [7, 11) is 0. The summed E-state index contributed by atoms with van der Waals surface area (Å²) in [6.07, 6.45) is -1.13. The van der Waals surface area contributed by atoms with Crippen LogP contribution in [0.3, 0.4) is 0 Å². The minimum absolute atomic E-state index is 0.293. The zero-order valence-electron chi connectivity index (χ0n) is 7.28. The van der Waals surface area contributed by atoms with Crippen molar-refractivity contribution in [3.8, 4) is 0 Å². The van der Waals surface area contributed by atoms with Crippen LogP contribution in [0.4, 0.5) is 0 Å². The smallest absolute Gasteiger partial charge is 0.168 e. The molecule has 0 radical (unpaired) electrons. The zero-order chi connectivity index (χ0) is 9.78. The van der Waals surface area contributed by atoms with Crippen LogP contribution < -0.4 is 0 Å². The van der Waals surface area contributed by atoms with Gasteiger partial charge in [-0.3, -0.25) is 4.79 Å². The number of hydrogen-bond donors (Lipinski definition) is 2. The fourth-order valence-electron chi connectivity index (χ4n) is 0.716. The minimum atomic E-state index is -1.27. The number of ketones is 1. The summed E-state index contributed by atoms with van der Waals surface area (Å²) in [6, 6.07) is 0. The lowest BCUT2D eigenvalue weighted by Gasteiger charge is -2.26. The first-order valence-electron chi connectivity index (χ1n) is 3.71. The lowest BCUT2D eigenvalue weighted by Crippen LogP contribution is -2.39. The molecule has 0 aromatic carbocycles. The fraction of sp³-hybridized carbons (Fsp3) is 0.750. The molecule has 1 atom stereocenters. The zero-order valence-corrected chi connectivity index (χ0v) is 7.28. The molecule has 2 N–H and O–H groups in total. The van der Waals surface area contributed by atoms with Gasteiger partial charge in [0.25, 0.3) is 0 Å². The minimum Gasteiger partial charge on any atom is -0.396 e. The Balaban J connectivity index is 4.26. The highest BCUT2D eigenvalue weighted by Crippen LogP contribution is 2.20. The number of hydrogen-bond acceptors (Lipinski definition) is 4. The predicted molar refractivity (Wildman–Crippen MR) is 42.6 cm³/mol. The molecule has 70 valence electrons. The van der Waals surface area contributed by atoms with Gasteiger partial charge < -0.3 is 15.0 Å². The van der Waals surface area contributed by atoms with E-state index in [0.717, 1.165) is 0 Å². The summed E-state index contributed by atoms with van der Waals surface area (Å²) < 4.78 is 0. The molecule has 0 aliphatic heterocycles. The third-order valence-electron chi connectivity index (χ3n) is 1.74. The van der Waals surface area contributed by atoms with Crippen LogP contribution in [0.25, 0.3) is 0 Å². The SMILES string of the molecule is CC(C)(CO)C(O)C(=O)CC=O. The van der Waals surface area contributed by atoms with Crippen molar-refractivity contribution < 1.29 is 19.8 Å². The first-order valence-corrected chi connectivity index (χ1v) is 3.71. The lowest BCUT2D eigenvalue weighted by atomic mass is 9.84. The summed E-state index contributed by atoms with van der Waals surface area (Å²) in [6.45, 7) is 2.82. The number of carbonyl (C=O) groups excluding carboxylic acids is 2. The van der Waals surface area contributed by atoms with Gasteiger partial charge in [-0.15, -0.1) is 0 Å². The van der Waals surface area contributed by atoms with Gasteiger partial charge in [-0.05, 0) is 0 Å². The molecule has 0 bridgehead atoms. The standard InChI is InChI=1S/C8H14O4/c1-8(2,5-10)7(12)6(11)3-4-9/h4,7,10,12H,3,5H2,1-2H3. The molecule has 0 aromatic rings. The molecule has 0 aliphatic carbocycles. The molecule has 0 aliphatic rings. The van der Waals surface area contributed by atoms with E-state index in [9.17, 15) is 14.7 Å². The molecule has 4 nitrogen and oxygen atoms in total. The number of aliphatic hydroxyl groups is 2. The lowest BCUT2D eigenvalue weighted by molar-refractivity contribution is -0.136. The Kier molecular flexibility index (Phi) is 4.06. The van der Waals surface area contributed by atoms with Crippen LogP contribution >= 0.6 is 0 Å². The number of rotatable bonds is 5. The third kappa shape index (κ3) is 2.71. The Labute approximate surface area is 71.2 Å². The molecule has 1 unspecified atom stereocenters. The van der Waals surface area contributed by atoms with Crippen LogP contribution in [-0.4, -0.2) is 35.0 Å². The van der Waals surface area contributed by atoms with Crippen LogP contribution in [0, 0.1) is 5.41 Å². The van der Waals surface area contributed by atoms with Gasteiger partial charge in [-0.25, -0.2) is 0 Å². The summed E-state index contributed by atoms with van der Waals surface area (Å²) >= 11 is 0. The fourth-order valence-corrected chi connectivity index (χ4v) is 0.716.